The Morgan fingerprint density at radius 3 is 2.31 bits per heavy atom. The lowest BCUT2D eigenvalue weighted by Gasteiger charge is -2.34. The molecule has 0 saturated carbocycles. The van der Waals surface area contributed by atoms with E-state index in [0.29, 0.717) is 22.3 Å². The van der Waals surface area contributed by atoms with Crippen molar-refractivity contribution in [2.45, 2.75) is 64.0 Å². The third-order valence-corrected chi connectivity index (χ3v) is 7.52. The summed E-state index contributed by atoms with van der Waals surface area (Å²) < 4.78 is 70.5. The minimum atomic E-state index is -5.14. The Hall–Kier alpha value is -4.12. The number of alkyl halides is 3. The molecule has 0 spiro atoms. The Bertz CT molecular complexity index is 1590. The quantitative estimate of drug-likeness (QED) is 0.235. The van der Waals surface area contributed by atoms with Gasteiger partial charge in [0.25, 0.3) is 5.60 Å². The van der Waals surface area contributed by atoms with E-state index in [0.717, 1.165) is 19.2 Å². The minimum Gasteiger partial charge on any atom is -0.496 e. The normalized spacial score (nSPS) is 18.5. The molecule has 2 aromatic carbocycles. The second-order valence-electron chi connectivity index (χ2n) is 10.2. The molecule has 42 heavy (non-hydrogen) atoms. The molecule has 0 N–H and O–H groups in total. The number of benzene rings is 2. The van der Waals surface area contributed by atoms with Crippen LogP contribution in [0.25, 0.3) is 16.7 Å². The number of esters is 1. The number of ether oxygens (including phenoxy) is 4. The maximum Gasteiger partial charge on any atom is 0.432 e. The van der Waals surface area contributed by atoms with Gasteiger partial charge in [0.05, 0.1) is 7.11 Å². The Labute approximate surface area is 240 Å². The molecule has 4 rings (SSSR count). The summed E-state index contributed by atoms with van der Waals surface area (Å²) in [5.74, 6) is -2.17. The van der Waals surface area contributed by atoms with E-state index in [-0.39, 0.29) is 29.1 Å². The van der Waals surface area contributed by atoms with Gasteiger partial charge in [-0.05, 0) is 38.0 Å². The Morgan fingerprint density at radius 1 is 1.07 bits per heavy atom. The summed E-state index contributed by atoms with van der Waals surface area (Å²) in [6.45, 7) is 6.55. The zero-order valence-corrected chi connectivity index (χ0v) is 24.0. The highest BCUT2D eigenvalue weighted by Gasteiger charge is 2.64. The van der Waals surface area contributed by atoms with Crippen molar-refractivity contribution in [1.82, 2.24) is 0 Å². The molecule has 4 atom stereocenters. The lowest BCUT2D eigenvalue weighted by atomic mass is 9.87. The Morgan fingerprint density at radius 2 is 1.74 bits per heavy atom. The number of rotatable bonds is 8. The van der Waals surface area contributed by atoms with Gasteiger partial charge in [0.1, 0.15) is 34.9 Å². The molecule has 0 bridgehead atoms. The van der Waals surface area contributed by atoms with E-state index in [1.165, 1.54) is 50.4 Å². The van der Waals surface area contributed by atoms with Crippen LogP contribution in [0.1, 0.15) is 55.4 Å². The second-order valence-corrected chi connectivity index (χ2v) is 10.2. The van der Waals surface area contributed by atoms with Crippen molar-refractivity contribution in [2.75, 3.05) is 14.2 Å². The van der Waals surface area contributed by atoms with Gasteiger partial charge in [-0.1, -0.05) is 37.3 Å². The average molecular weight is 589 g/mol. The number of methoxy groups -OCH3 is 2. The van der Waals surface area contributed by atoms with Crippen LogP contribution in [0.5, 0.6) is 5.75 Å². The largest absolute Gasteiger partial charge is 0.496 e. The van der Waals surface area contributed by atoms with Gasteiger partial charge in [-0.3, -0.25) is 4.79 Å². The molecule has 1 aromatic heterocycles. The molecule has 8 nitrogen and oxygen atoms in total. The molecular weight excluding hydrogens is 557 g/mol. The number of allylic oxidation sites excluding steroid dienone is 1. The van der Waals surface area contributed by atoms with Crippen molar-refractivity contribution in [3.05, 3.63) is 81.2 Å². The first-order valence-electron chi connectivity index (χ1n) is 13.2. The van der Waals surface area contributed by atoms with Gasteiger partial charge in [-0.2, -0.15) is 13.2 Å². The lowest BCUT2D eigenvalue weighted by Crippen LogP contribution is -2.52. The SMILES string of the molecule is COc1cc2oc(=O)c(C3=CC(=O)CC(C)O3)cc2c([C@@H](C)[C@@H](C)OC(=O)[C@](OC)(c2ccccc2)C(F)(F)F)c1C. The highest BCUT2D eigenvalue weighted by molar-refractivity contribution is 5.98. The molecule has 3 aromatic rings. The third kappa shape index (κ3) is 5.40. The van der Waals surface area contributed by atoms with Crippen molar-refractivity contribution in [1.29, 1.82) is 0 Å². The molecule has 11 heteroatoms. The van der Waals surface area contributed by atoms with Gasteiger partial charge in [0.15, 0.2) is 5.78 Å². The minimum absolute atomic E-state index is 0.00427. The molecule has 0 radical (unpaired) electrons. The summed E-state index contributed by atoms with van der Waals surface area (Å²) in [7, 11) is 2.22. The molecule has 0 saturated heterocycles. The monoisotopic (exact) mass is 588 g/mol. The van der Waals surface area contributed by atoms with Crippen LogP contribution in [0.15, 0.2) is 57.8 Å². The van der Waals surface area contributed by atoms with Crippen molar-refractivity contribution in [2.24, 2.45) is 0 Å². The van der Waals surface area contributed by atoms with Crippen LogP contribution < -0.4 is 10.4 Å². The van der Waals surface area contributed by atoms with Gasteiger partial charge in [0.2, 0.25) is 0 Å². The van der Waals surface area contributed by atoms with Crippen molar-refractivity contribution in [3.63, 3.8) is 0 Å². The van der Waals surface area contributed by atoms with Crippen molar-refractivity contribution < 1.29 is 46.1 Å². The Kier molecular flexibility index (Phi) is 8.54. The van der Waals surface area contributed by atoms with E-state index in [4.69, 9.17) is 23.4 Å². The molecule has 1 unspecified atom stereocenters. The summed E-state index contributed by atoms with van der Waals surface area (Å²) in [6, 6.07) is 9.55. The first-order chi connectivity index (χ1) is 19.7. The highest BCUT2D eigenvalue weighted by Crippen LogP contribution is 2.44. The summed E-state index contributed by atoms with van der Waals surface area (Å²) in [5.41, 5.74) is -3.32. The number of ketones is 1. The van der Waals surface area contributed by atoms with Gasteiger partial charge in [-0.15, -0.1) is 0 Å². The van der Waals surface area contributed by atoms with Crippen LogP contribution >= 0.6 is 0 Å². The molecule has 0 aliphatic carbocycles. The number of hydrogen-bond acceptors (Lipinski definition) is 8. The fourth-order valence-corrected chi connectivity index (χ4v) is 5.23. The molecule has 224 valence electrons. The predicted molar refractivity (Wildman–Crippen MR) is 147 cm³/mol. The van der Waals surface area contributed by atoms with Gasteiger partial charge >= 0.3 is 17.8 Å². The molecule has 1 aliphatic heterocycles. The third-order valence-electron chi connectivity index (χ3n) is 7.52. The number of halogens is 3. The fraction of sp³-hybridized carbons (Fsp3) is 0.387. The first kappa shape index (κ1) is 30.8. The highest BCUT2D eigenvalue weighted by atomic mass is 19.4. The number of fused-ring (bicyclic) bond motifs is 1. The van der Waals surface area contributed by atoms with E-state index in [1.54, 1.807) is 20.8 Å². The van der Waals surface area contributed by atoms with Crippen LogP contribution in [0.4, 0.5) is 13.2 Å². The topological polar surface area (TPSA) is 101 Å². The molecule has 0 fully saturated rings. The average Bonchev–Trinajstić information content (AvgIpc) is 2.92. The molecule has 1 aliphatic rings. The molecular formula is C31H31F3O8. The number of carbonyl (C=O) groups excluding carboxylic acids is 2. The second kappa shape index (κ2) is 11.6. The van der Waals surface area contributed by atoms with E-state index in [9.17, 15) is 27.6 Å². The zero-order chi connectivity index (χ0) is 31.0. The number of carbonyl (C=O) groups is 2. The van der Waals surface area contributed by atoms with Gasteiger partial charge in [-0.25, -0.2) is 9.59 Å². The van der Waals surface area contributed by atoms with E-state index in [2.05, 4.69) is 0 Å². The zero-order valence-electron chi connectivity index (χ0n) is 24.0. The van der Waals surface area contributed by atoms with Crippen LogP contribution in [0, 0.1) is 6.92 Å². The molecule has 0 amide bonds. The first-order valence-corrected chi connectivity index (χ1v) is 13.2. The van der Waals surface area contributed by atoms with Crippen LogP contribution in [-0.2, 0) is 29.4 Å². The summed E-state index contributed by atoms with van der Waals surface area (Å²) in [5, 5.41) is 0.408. The lowest BCUT2D eigenvalue weighted by molar-refractivity contribution is -0.278. The molecule has 2 heterocycles. The van der Waals surface area contributed by atoms with Gasteiger partial charge < -0.3 is 23.4 Å². The van der Waals surface area contributed by atoms with Crippen LogP contribution in [-0.4, -0.2) is 44.4 Å². The summed E-state index contributed by atoms with van der Waals surface area (Å²) in [6.07, 6.45) is -5.32. The number of hydrogen-bond donors (Lipinski definition) is 0. The summed E-state index contributed by atoms with van der Waals surface area (Å²) in [4.78, 5) is 38.4. The maximum atomic E-state index is 14.4. The van der Waals surface area contributed by atoms with E-state index >= 15 is 0 Å². The Balaban J connectivity index is 1.81. The van der Waals surface area contributed by atoms with E-state index < -0.39 is 47.1 Å². The van der Waals surface area contributed by atoms with Crippen LogP contribution in [0.3, 0.4) is 0 Å². The smallest absolute Gasteiger partial charge is 0.432 e. The van der Waals surface area contributed by atoms with Crippen molar-refractivity contribution in [3.8, 4) is 5.75 Å². The fourth-order valence-electron chi connectivity index (χ4n) is 5.23. The maximum absolute atomic E-state index is 14.4. The van der Waals surface area contributed by atoms with E-state index in [1.807, 2.05) is 0 Å². The van der Waals surface area contributed by atoms with Crippen molar-refractivity contribution >= 4 is 28.5 Å². The predicted octanol–water partition coefficient (Wildman–Crippen LogP) is 5.97. The summed E-state index contributed by atoms with van der Waals surface area (Å²) >= 11 is 0. The standard InChI is InChI=1S/C31H31F3O8/c1-16-12-21(35)13-25(40-16)23-14-22-26(42-28(23)36)15-24(38-5)18(3)27(22)17(2)19(4)41-29(37)30(39-6,31(32,33)34)20-10-8-7-9-11-20/h7-11,13-17,19H,12H2,1-6H3/t16?,17-,19+,30+/m0/s1. The van der Waals surface area contributed by atoms with Crippen LogP contribution in [0.2, 0.25) is 0 Å². The van der Waals surface area contributed by atoms with Gasteiger partial charge in [0, 0.05) is 42.5 Å².